The van der Waals surface area contributed by atoms with Gasteiger partial charge in [0.15, 0.2) is 0 Å². The summed E-state index contributed by atoms with van der Waals surface area (Å²) in [7, 11) is 0. The zero-order valence-electron chi connectivity index (χ0n) is 22.3. The van der Waals surface area contributed by atoms with Crippen LogP contribution in [0.25, 0.3) is 0 Å². The van der Waals surface area contributed by atoms with Gasteiger partial charge in [-0.2, -0.15) is 5.26 Å². The smallest absolute Gasteiger partial charge is 0.410 e. The van der Waals surface area contributed by atoms with Crippen molar-refractivity contribution in [3.05, 3.63) is 101 Å². The summed E-state index contributed by atoms with van der Waals surface area (Å²) in [5.41, 5.74) is 8.83. The summed E-state index contributed by atoms with van der Waals surface area (Å²) in [5, 5.41) is 12.1. The average Bonchev–Trinajstić information content (AvgIpc) is 3.69. The Labute approximate surface area is 233 Å². The highest BCUT2D eigenvalue weighted by molar-refractivity contribution is 5.97. The van der Waals surface area contributed by atoms with Gasteiger partial charge in [-0.3, -0.25) is 9.69 Å². The number of carbonyl (C=O) groups excluding carboxylic acids is 2. The number of hydrogen-bond donors (Lipinski definition) is 2. The number of likely N-dealkylation sites (tertiary alicyclic amines) is 1. The minimum Gasteiger partial charge on any atom is -0.445 e. The quantitative estimate of drug-likeness (QED) is 0.355. The molecule has 1 aliphatic heterocycles. The Morgan fingerprint density at radius 3 is 2.58 bits per heavy atom. The molecule has 3 aromatic carbocycles. The van der Waals surface area contributed by atoms with Crippen molar-refractivity contribution in [2.75, 3.05) is 11.9 Å². The van der Waals surface area contributed by atoms with E-state index in [9.17, 15) is 14.9 Å². The number of rotatable bonds is 9. The summed E-state index contributed by atoms with van der Waals surface area (Å²) < 4.78 is 20.5. The zero-order valence-corrected chi connectivity index (χ0v) is 22.3. The molecule has 0 bridgehead atoms. The van der Waals surface area contributed by atoms with E-state index in [0.717, 1.165) is 17.5 Å². The lowest BCUT2D eigenvalue weighted by Gasteiger charge is -2.32. The van der Waals surface area contributed by atoms with E-state index < -0.39 is 29.4 Å². The Kier molecular flexibility index (Phi) is 8.13. The molecule has 0 aromatic heterocycles. The highest BCUT2D eigenvalue weighted by atomic mass is 19.1. The number of benzene rings is 3. The first-order valence-electron chi connectivity index (χ1n) is 13.7. The number of carbonyl (C=O) groups is 2. The Morgan fingerprint density at radius 1 is 1.05 bits per heavy atom. The monoisotopic (exact) mass is 540 g/mol. The number of hydrogen-bond acceptors (Lipinski definition) is 5. The van der Waals surface area contributed by atoms with Crippen LogP contribution < -0.4 is 11.1 Å². The van der Waals surface area contributed by atoms with E-state index in [1.807, 2.05) is 36.4 Å². The molecular weight excluding hydrogens is 507 g/mol. The largest absolute Gasteiger partial charge is 0.445 e. The molecule has 1 aliphatic carbocycles. The van der Waals surface area contributed by atoms with E-state index >= 15 is 4.39 Å². The van der Waals surface area contributed by atoms with E-state index in [1.165, 1.54) is 23.8 Å². The number of nitriles is 1. The number of ether oxygens (including phenoxy) is 1. The van der Waals surface area contributed by atoms with E-state index in [1.54, 1.807) is 30.3 Å². The Morgan fingerprint density at radius 2 is 1.82 bits per heavy atom. The van der Waals surface area contributed by atoms with Crippen LogP contribution in [-0.2, 0) is 21.7 Å². The van der Waals surface area contributed by atoms with Gasteiger partial charge in [0.1, 0.15) is 18.5 Å². The number of halogens is 1. The summed E-state index contributed by atoms with van der Waals surface area (Å²) in [6.07, 6.45) is 4.40. The van der Waals surface area contributed by atoms with Gasteiger partial charge in [0.25, 0.3) is 0 Å². The predicted molar refractivity (Wildman–Crippen MR) is 149 cm³/mol. The number of anilines is 1. The van der Waals surface area contributed by atoms with Crippen molar-refractivity contribution in [1.29, 1.82) is 5.26 Å². The van der Waals surface area contributed by atoms with Crippen molar-refractivity contribution in [2.45, 2.75) is 56.7 Å². The van der Waals surface area contributed by atoms with Crippen molar-refractivity contribution in [1.82, 2.24) is 4.90 Å². The van der Waals surface area contributed by atoms with Crippen LogP contribution in [0.15, 0.2) is 72.8 Å². The first kappa shape index (κ1) is 27.4. The maximum absolute atomic E-state index is 15.0. The summed E-state index contributed by atoms with van der Waals surface area (Å²) in [6, 6.07) is 22.4. The predicted octanol–water partition coefficient (Wildman–Crippen LogP) is 5.83. The van der Waals surface area contributed by atoms with Crippen LogP contribution >= 0.6 is 0 Å². The van der Waals surface area contributed by atoms with Crippen LogP contribution in [0.1, 0.15) is 60.8 Å². The molecule has 2 aliphatic rings. The van der Waals surface area contributed by atoms with Gasteiger partial charge in [-0.25, -0.2) is 9.18 Å². The molecule has 1 saturated carbocycles. The molecule has 2 fully saturated rings. The lowest BCUT2D eigenvalue weighted by atomic mass is 9.79. The third-order valence-corrected chi connectivity index (χ3v) is 7.89. The van der Waals surface area contributed by atoms with Gasteiger partial charge >= 0.3 is 6.09 Å². The molecular formula is C32H33FN4O3. The van der Waals surface area contributed by atoms with Gasteiger partial charge < -0.3 is 15.8 Å². The minimum atomic E-state index is -0.969. The van der Waals surface area contributed by atoms with Gasteiger partial charge in [0.05, 0.1) is 22.9 Å². The molecule has 2 amide bonds. The second kappa shape index (κ2) is 11.9. The molecule has 8 heteroatoms. The average molecular weight is 541 g/mol. The highest BCUT2D eigenvalue weighted by Gasteiger charge is 2.37. The summed E-state index contributed by atoms with van der Waals surface area (Å²) in [6.45, 7) is 0.490. The minimum absolute atomic E-state index is 0.00434. The third kappa shape index (κ3) is 6.16. The van der Waals surface area contributed by atoms with Crippen molar-refractivity contribution in [3.8, 4) is 6.07 Å². The molecule has 0 spiro atoms. The fourth-order valence-corrected chi connectivity index (χ4v) is 5.33. The van der Waals surface area contributed by atoms with Crippen molar-refractivity contribution < 1.29 is 18.7 Å². The highest BCUT2D eigenvalue weighted by Crippen LogP contribution is 2.40. The maximum Gasteiger partial charge on any atom is 0.410 e. The van der Waals surface area contributed by atoms with Crippen molar-refractivity contribution >= 4 is 17.7 Å². The second-order valence-electron chi connectivity index (χ2n) is 10.7. The third-order valence-electron chi connectivity index (χ3n) is 7.89. The standard InChI is InChI=1S/C32H33FN4O3/c33-27-14-13-26(32(35,16-15-22-11-12-22)25-9-4-8-24(18-25)20-34)19-28(27)36-30(38)29-10-5-17-37(29)31(39)40-21-23-6-2-1-3-7-23/h1-4,6-9,13-14,18-19,22,29H,5,10-12,15-17,21,35H2,(H,36,38)/t29-,32?/m1/s1. The fraction of sp³-hybridized carbons (Fsp3) is 0.344. The maximum atomic E-state index is 15.0. The molecule has 40 heavy (non-hydrogen) atoms. The Hall–Kier alpha value is -4.22. The van der Waals surface area contributed by atoms with Crippen LogP contribution in [0.4, 0.5) is 14.9 Å². The molecule has 7 nitrogen and oxygen atoms in total. The summed E-state index contributed by atoms with van der Waals surface area (Å²) >= 11 is 0. The molecule has 1 unspecified atom stereocenters. The van der Waals surface area contributed by atoms with Crippen LogP contribution in [0, 0.1) is 23.1 Å². The topological polar surface area (TPSA) is 108 Å². The molecule has 3 N–H and O–H groups in total. The second-order valence-corrected chi connectivity index (χ2v) is 10.7. The van der Waals surface area contributed by atoms with Gasteiger partial charge in [0, 0.05) is 6.54 Å². The first-order valence-corrected chi connectivity index (χ1v) is 13.7. The SMILES string of the molecule is N#Cc1cccc(C(N)(CCC2CC2)c2ccc(F)c(NC(=O)[C@H]3CCCN3C(=O)OCc3ccccc3)c2)c1. The molecule has 1 heterocycles. The van der Waals surface area contributed by atoms with Gasteiger partial charge in [-0.15, -0.1) is 0 Å². The molecule has 2 atom stereocenters. The molecule has 0 radical (unpaired) electrons. The van der Waals surface area contributed by atoms with E-state index in [-0.39, 0.29) is 12.3 Å². The van der Waals surface area contributed by atoms with Crippen molar-refractivity contribution in [3.63, 3.8) is 0 Å². The number of amides is 2. The summed E-state index contributed by atoms with van der Waals surface area (Å²) in [5.74, 6) is -0.447. The van der Waals surface area contributed by atoms with Crippen molar-refractivity contribution in [2.24, 2.45) is 11.7 Å². The molecule has 5 rings (SSSR count). The van der Waals surface area contributed by atoms with Gasteiger partial charge in [-0.1, -0.05) is 61.4 Å². The molecule has 1 saturated heterocycles. The lowest BCUT2D eigenvalue weighted by molar-refractivity contribution is -0.120. The Bertz CT molecular complexity index is 1420. The zero-order chi connectivity index (χ0) is 28.1. The number of nitrogens with two attached hydrogens (primary N) is 1. The number of nitrogens with zero attached hydrogens (tertiary/aromatic N) is 2. The summed E-state index contributed by atoms with van der Waals surface area (Å²) in [4.78, 5) is 27.5. The Balaban J connectivity index is 1.34. The van der Waals surface area contributed by atoms with Crippen LogP contribution in [0.5, 0.6) is 0 Å². The first-order chi connectivity index (χ1) is 19.4. The number of nitrogens with one attached hydrogen (secondary N) is 1. The van der Waals surface area contributed by atoms with E-state index in [2.05, 4.69) is 11.4 Å². The van der Waals surface area contributed by atoms with Crippen LogP contribution in [0.3, 0.4) is 0 Å². The van der Waals surface area contributed by atoms with Gasteiger partial charge in [0.2, 0.25) is 5.91 Å². The van der Waals surface area contributed by atoms with E-state index in [0.29, 0.717) is 42.9 Å². The van der Waals surface area contributed by atoms with Gasteiger partial charge in [-0.05, 0) is 72.6 Å². The van der Waals surface area contributed by atoms with Crippen LogP contribution in [0.2, 0.25) is 0 Å². The molecule has 3 aromatic rings. The molecule has 206 valence electrons. The fourth-order valence-electron chi connectivity index (χ4n) is 5.33. The van der Waals surface area contributed by atoms with E-state index in [4.69, 9.17) is 10.5 Å². The lowest BCUT2D eigenvalue weighted by Crippen LogP contribution is -2.43. The normalized spacial score (nSPS) is 18.0. The van der Waals surface area contributed by atoms with Crippen LogP contribution in [-0.4, -0.2) is 29.5 Å².